The topological polar surface area (TPSA) is 112 Å². The molecule has 3 heterocycles. The SMILES string of the molecule is Cc1nc(-n2ccc(OCc3ncon3)cc2=O)sc1C(=O)NCc1ccccc1. The first kappa shape index (κ1) is 19.5. The van der Waals surface area contributed by atoms with Crippen LogP contribution in [0.3, 0.4) is 0 Å². The van der Waals surface area contributed by atoms with Crippen molar-refractivity contribution in [3.63, 3.8) is 0 Å². The highest BCUT2D eigenvalue weighted by Crippen LogP contribution is 2.21. The fourth-order valence-electron chi connectivity index (χ4n) is 2.67. The molecule has 0 saturated carbocycles. The molecule has 0 unspecified atom stereocenters. The molecule has 30 heavy (non-hydrogen) atoms. The number of aryl methyl sites for hydroxylation is 1. The monoisotopic (exact) mass is 423 g/mol. The Hall–Kier alpha value is -3.79. The molecule has 4 aromatic rings. The number of ether oxygens (including phenoxy) is 1. The highest BCUT2D eigenvalue weighted by atomic mass is 32.1. The van der Waals surface area contributed by atoms with Crippen LogP contribution in [-0.2, 0) is 13.2 Å². The van der Waals surface area contributed by atoms with E-state index < -0.39 is 0 Å². The predicted molar refractivity (Wildman–Crippen MR) is 109 cm³/mol. The van der Waals surface area contributed by atoms with Gasteiger partial charge in [-0.15, -0.1) is 0 Å². The van der Waals surface area contributed by atoms with Crippen molar-refractivity contribution in [2.45, 2.75) is 20.1 Å². The lowest BCUT2D eigenvalue weighted by Crippen LogP contribution is -2.22. The largest absolute Gasteiger partial charge is 0.485 e. The second kappa shape index (κ2) is 8.70. The Kier molecular flexibility index (Phi) is 5.66. The molecule has 0 saturated heterocycles. The van der Waals surface area contributed by atoms with Gasteiger partial charge in [-0.05, 0) is 18.6 Å². The maximum absolute atomic E-state index is 12.6. The lowest BCUT2D eigenvalue weighted by Gasteiger charge is -2.05. The van der Waals surface area contributed by atoms with Crippen molar-refractivity contribution in [3.8, 4) is 10.9 Å². The average molecular weight is 423 g/mol. The third kappa shape index (κ3) is 4.44. The number of pyridine rings is 1. The molecule has 10 heteroatoms. The number of benzene rings is 1. The zero-order chi connectivity index (χ0) is 20.9. The van der Waals surface area contributed by atoms with Crippen LogP contribution in [0.2, 0.25) is 0 Å². The number of hydrogen-bond acceptors (Lipinski definition) is 8. The maximum atomic E-state index is 12.6. The number of nitrogens with zero attached hydrogens (tertiary/aromatic N) is 4. The van der Waals surface area contributed by atoms with Crippen LogP contribution < -0.4 is 15.6 Å². The Morgan fingerprint density at radius 3 is 2.83 bits per heavy atom. The summed E-state index contributed by atoms with van der Waals surface area (Å²) in [5.41, 5.74) is 1.23. The Bertz CT molecular complexity index is 1200. The molecule has 9 nitrogen and oxygen atoms in total. The zero-order valence-corrected chi connectivity index (χ0v) is 16.8. The molecule has 0 aliphatic carbocycles. The van der Waals surface area contributed by atoms with Crippen molar-refractivity contribution in [3.05, 3.63) is 87.4 Å². The first-order valence-corrected chi connectivity index (χ1v) is 9.82. The lowest BCUT2D eigenvalue weighted by atomic mass is 10.2. The fraction of sp³-hybridized carbons (Fsp3) is 0.150. The summed E-state index contributed by atoms with van der Waals surface area (Å²) in [5.74, 6) is 0.518. The summed E-state index contributed by atoms with van der Waals surface area (Å²) in [6.07, 6.45) is 2.76. The van der Waals surface area contributed by atoms with Gasteiger partial charge in [0.2, 0.25) is 12.2 Å². The van der Waals surface area contributed by atoms with Crippen molar-refractivity contribution < 1.29 is 14.1 Å². The van der Waals surface area contributed by atoms with Gasteiger partial charge in [-0.2, -0.15) is 4.98 Å². The first-order valence-electron chi connectivity index (χ1n) is 9.01. The average Bonchev–Trinajstić information content (AvgIpc) is 3.41. The summed E-state index contributed by atoms with van der Waals surface area (Å²) >= 11 is 1.15. The second-order valence-electron chi connectivity index (χ2n) is 6.29. The molecule has 0 bridgehead atoms. The smallest absolute Gasteiger partial charge is 0.263 e. The summed E-state index contributed by atoms with van der Waals surface area (Å²) < 4.78 is 11.5. The standard InChI is InChI=1S/C20H17N5O4S/c1-13-18(19(27)21-10-14-5-3-2-4-6-14)30-20(23-13)25-8-7-15(9-17(25)26)28-11-16-22-12-29-24-16/h2-9,12H,10-11H2,1H3,(H,21,27). The van der Waals surface area contributed by atoms with Gasteiger partial charge < -0.3 is 14.6 Å². The Balaban J connectivity index is 1.46. The normalized spacial score (nSPS) is 10.7. The quantitative estimate of drug-likeness (QED) is 0.486. The van der Waals surface area contributed by atoms with Gasteiger partial charge in [0.05, 0.1) is 5.69 Å². The number of thiazole rings is 1. The predicted octanol–water partition coefficient (Wildman–Crippen LogP) is 2.49. The van der Waals surface area contributed by atoms with Gasteiger partial charge in [0.1, 0.15) is 10.6 Å². The van der Waals surface area contributed by atoms with Crippen LogP contribution in [0.5, 0.6) is 5.75 Å². The third-order valence-corrected chi connectivity index (χ3v) is 5.31. The molecule has 1 amide bonds. The number of rotatable bonds is 7. The molecule has 1 N–H and O–H groups in total. The van der Waals surface area contributed by atoms with Crippen LogP contribution >= 0.6 is 11.3 Å². The van der Waals surface area contributed by atoms with E-state index in [0.29, 0.717) is 33.8 Å². The molecule has 0 atom stereocenters. The van der Waals surface area contributed by atoms with E-state index in [4.69, 9.17) is 4.74 Å². The summed E-state index contributed by atoms with van der Waals surface area (Å²) in [6, 6.07) is 12.6. The molecule has 0 aliphatic heterocycles. The van der Waals surface area contributed by atoms with Crippen LogP contribution in [0, 0.1) is 6.92 Å². The van der Waals surface area contributed by atoms with E-state index in [0.717, 1.165) is 16.9 Å². The van der Waals surface area contributed by atoms with Gasteiger partial charge in [-0.25, -0.2) is 4.98 Å². The van der Waals surface area contributed by atoms with Gasteiger partial charge in [0.15, 0.2) is 11.7 Å². The highest BCUT2D eigenvalue weighted by Gasteiger charge is 2.17. The Morgan fingerprint density at radius 2 is 2.10 bits per heavy atom. The van der Waals surface area contributed by atoms with Crippen LogP contribution in [0.4, 0.5) is 0 Å². The van der Waals surface area contributed by atoms with Crippen LogP contribution in [0.25, 0.3) is 5.13 Å². The minimum Gasteiger partial charge on any atom is -0.485 e. The van der Waals surface area contributed by atoms with Crippen molar-refractivity contribution in [2.75, 3.05) is 0 Å². The van der Waals surface area contributed by atoms with E-state index >= 15 is 0 Å². The Morgan fingerprint density at radius 1 is 1.27 bits per heavy atom. The number of carbonyl (C=O) groups excluding carboxylic acids is 1. The zero-order valence-electron chi connectivity index (χ0n) is 15.9. The summed E-state index contributed by atoms with van der Waals surface area (Å²) in [4.78, 5) is 33.7. The molecule has 3 aromatic heterocycles. The molecule has 4 rings (SSSR count). The molecular formula is C20H17N5O4S. The molecule has 152 valence electrons. The maximum Gasteiger partial charge on any atom is 0.263 e. The van der Waals surface area contributed by atoms with Gasteiger partial charge in [-0.1, -0.05) is 46.8 Å². The number of amides is 1. The van der Waals surface area contributed by atoms with Crippen molar-refractivity contribution in [1.82, 2.24) is 25.0 Å². The number of nitrogens with one attached hydrogen (secondary N) is 1. The van der Waals surface area contributed by atoms with Crippen molar-refractivity contribution >= 4 is 17.2 Å². The second-order valence-corrected chi connectivity index (χ2v) is 7.26. The summed E-state index contributed by atoms with van der Waals surface area (Å²) in [6.45, 7) is 2.24. The number of hydrogen-bond donors (Lipinski definition) is 1. The molecule has 0 radical (unpaired) electrons. The van der Waals surface area contributed by atoms with E-state index in [1.54, 1.807) is 19.2 Å². The van der Waals surface area contributed by atoms with Gasteiger partial charge >= 0.3 is 0 Å². The van der Waals surface area contributed by atoms with E-state index in [9.17, 15) is 9.59 Å². The van der Waals surface area contributed by atoms with Crippen LogP contribution in [0.15, 0.2) is 64.4 Å². The highest BCUT2D eigenvalue weighted by molar-refractivity contribution is 7.16. The molecule has 0 spiro atoms. The van der Waals surface area contributed by atoms with Crippen LogP contribution in [-0.4, -0.2) is 25.6 Å². The van der Waals surface area contributed by atoms with Gasteiger partial charge in [0.25, 0.3) is 11.5 Å². The lowest BCUT2D eigenvalue weighted by molar-refractivity contribution is 0.0954. The molecule has 0 fully saturated rings. The van der Waals surface area contributed by atoms with E-state index in [1.807, 2.05) is 30.3 Å². The van der Waals surface area contributed by atoms with Crippen LogP contribution in [0.1, 0.15) is 26.8 Å². The molecule has 0 aliphatic rings. The summed E-state index contributed by atoms with van der Waals surface area (Å²) in [7, 11) is 0. The van der Waals surface area contributed by atoms with E-state index in [1.165, 1.54) is 17.0 Å². The van der Waals surface area contributed by atoms with E-state index in [-0.39, 0.29) is 18.1 Å². The fourth-order valence-corrected chi connectivity index (χ4v) is 3.64. The minimum atomic E-state index is -0.328. The summed E-state index contributed by atoms with van der Waals surface area (Å²) in [5, 5.41) is 6.93. The van der Waals surface area contributed by atoms with Gasteiger partial charge in [0, 0.05) is 18.8 Å². The molecular weight excluding hydrogens is 406 g/mol. The van der Waals surface area contributed by atoms with E-state index in [2.05, 4.69) is 25.0 Å². The third-order valence-electron chi connectivity index (χ3n) is 4.16. The van der Waals surface area contributed by atoms with Crippen molar-refractivity contribution in [1.29, 1.82) is 0 Å². The molecule has 1 aromatic carbocycles. The Labute approximate surface area is 175 Å². The number of aromatic nitrogens is 4. The van der Waals surface area contributed by atoms with Crippen molar-refractivity contribution in [2.24, 2.45) is 0 Å². The number of carbonyl (C=O) groups is 1. The van der Waals surface area contributed by atoms with Gasteiger partial charge in [-0.3, -0.25) is 14.2 Å². The first-order chi connectivity index (χ1) is 14.6. The minimum absolute atomic E-state index is 0.0854.